The van der Waals surface area contributed by atoms with Gasteiger partial charge in [-0.3, -0.25) is 4.79 Å². The molecule has 0 rings (SSSR count). The molecule has 1 atom stereocenters. The van der Waals surface area contributed by atoms with E-state index in [0.29, 0.717) is 26.2 Å². The topological polar surface area (TPSA) is 68.6 Å². The second kappa shape index (κ2) is 10.1. The lowest BCUT2D eigenvalue weighted by Crippen LogP contribution is -2.22. The van der Waals surface area contributed by atoms with Crippen LogP contribution in [0.2, 0.25) is 0 Å². The maximum atomic E-state index is 11.3. The van der Waals surface area contributed by atoms with Gasteiger partial charge < -0.3 is 14.2 Å². The molecule has 0 aliphatic rings. The third kappa shape index (κ3) is 7.72. The number of nitrogens with zero attached hydrogens (tertiary/aromatic N) is 1. The Bertz CT molecular complexity index is 243. The van der Waals surface area contributed by atoms with Crippen molar-refractivity contribution in [2.45, 2.75) is 39.9 Å². The summed E-state index contributed by atoms with van der Waals surface area (Å²) in [5.41, 5.74) is 0. The predicted octanol–water partition coefficient (Wildman–Crippen LogP) is 1.87. The molecule has 5 nitrogen and oxygen atoms in total. The van der Waals surface area contributed by atoms with Crippen molar-refractivity contribution in [2.75, 3.05) is 19.8 Å². The number of ether oxygens (including phenoxy) is 3. The first-order chi connectivity index (χ1) is 8.17. The van der Waals surface area contributed by atoms with E-state index >= 15 is 0 Å². The standard InChI is InChI=1S/C12H21NO4/c1-4-15-11(14)7-10(9-13)8-12(16-5-2)17-6-3/h10,12H,4-8H2,1-3H3. The van der Waals surface area contributed by atoms with Gasteiger partial charge in [-0.25, -0.2) is 0 Å². The molecule has 0 N–H and O–H groups in total. The molecule has 98 valence electrons. The molecule has 1 unspecified atom stereocenters. The Kier molecular flexibility index (Phi) is 9.40. The summed E-state index contributed by atoms with van der Waals surface area (Å²) in [6.45, 7) is 6.82. The van der Waals surface area contributed by atoms with Crippen molar-refractivity contribution in [3.63, 3.8) is 0 Å². The molecule has 0 saturated carbocycles. The zero-order valence-electron chi connectivity index (χ0n) is 10.8. The fourth-order valence-electron chi connectivity index (χ4n) is 1.39. The van der Waals surface area contributed by atoms with Gasteiger partial charge in [-0.15, -0.1) is 0 Å². The van der Waals surface area contributed by atoms with Crippen LogP contribution in [0.1, 0.15) is 33.6 Å². The summed E-state index contributed by atoms with van der Waals surface area (Å²) in [5.74, 6) is -0.789. The Morgan fingerprint density at radius 1 is 1.18 bits per heavy atom. The van der Waals surface area contributed by atoms with E-state index in [1.54, 1.807) is 6.92 Å². The van der Waals surface area contributed by atoms with Crippen LogP contribution >= 0.6 is 0 Å². The highest BCUT2D eigenvalue weighted by Crippen LogP contribution is 2.14. The van der Waals surface area contributed by atoms with E-state index in [1.807, 2.05) is 13.8 Å². The van der Waals surface area contributed by atoms with Gasteiger partial charge in [0.25, 0.3) is 0 Å². The average Bonchev–Trinajstić information content (AvgIpc) is 2.29. The zero-order valence-corrected chi connectivity index (χ0v) is 10.8. The smallest absolute Gasteiger partial charge is 0.307 e. The van der Waals surface area contributed by atoms with E-state index in [4.69, 9.17) is 19.5 Å². The van der Waals surface area contributed by atoms with Gasteiger partial charge in [-0.05, 0) is 20.8 Å². The molecule has 0 saturated heterocycles. The van der Waals surface area contributed by atoms with Crippen LogP contribution in [0.5, 0.6) is 0 Å². The number of hydrogen-bond donors (Lipinski definition) is 0. The van der Waals surface area contributed by atoms with Gasteiger partial charge in [0.1, 0.15) is 0 Å². The quantitative estimate of drug-likeness (QED) is 0.457. The largest absolute Gasteiger partial charge is 0.466 e. The maximum Gasteiger partial charge on any atom is 0.307 e. The fourth-order valence-corrected chi connectivity index (χ4v) is 1.39. The van der Waals surface area contributed by atoms with Crippen molar-refractivity contribution in [1.29, 1.82) is 5.26 Å². The Hall–Kier alpha value is -1.12. The predicted molar refractivity (Wildman–Crippen MR) is 62.0 cm³/mol. The molecule has 0 aromatic heterocycles. The summed E-state index contributed by atoms with van der Waals surface area (Å²) in [5, 5.41) is 8.96. The SMILES string of the molecule is CCOC(=O)CC(C#N)CC(OCC)OCC. The Morgan fingerprint density at radius 2 is 1.76 bits per heavy atom. The lowest BCUT2D eigenvalue weighted by atomic mass is 10.0. The van der Waals surface area contributed by atoms with Crippen LogP contribution in [-0.4, -0.2) is 32.1 Å². The van der Waals surface area contributed by atoms with Gasteiger partial charge in [0.2, 0.25) is 0 Å². The lowest BCUT2D eigenvalue weighted by Gasteiger charge is -2.19. The third-order valence-corrected chi connectivity index (χ3v) is 2.08. The number of carbonyl (C=O) groups excluding carboxylic acids is 1. The molecule has 5 heteroatoms. The number of carbonyl (C=O) groups is 1. The normalized spacial score (nSPS) is 12.2. The Labute approximate surface area is 103 Å². The van der Waals surface area contributed by atoms with Gasteiger partial charge in [0.05, 0.1) is 25.0 Å². The molecule has 0 fully saturated rings. The average molecular weight is 243 g/mol. The first-order valence-corrected chi connectivity index (χ1v) is 5.96. The molecule has 0 aromatic carbocycles. The van der Waals surface area contributed by atoms with E-state index in [0.717, 1.165) is 0 Å². The van der Waals surface area contributed by atoms with Crippen molar-refractivity contribution in [3.8, 4) is 6.07 Å². The summed E-state index contributed by atoms with van der Waals surface area (Å²) in [6, 6.07) is 2.08. The Balaban J connectivity index is 4.16. The van der Waals surface area contributed by atoms with E-state index in [-0.39, 0.29) is 12.4 Å². The number of esters is 1. The minimum absolute atomic E-state index is 0.0843. The maximum absolute atomic E-state index is 11.3. The van der Waals surface area contributed by atoms with E-state index in [1.165, 1.54) is 0 Å². The highest BCUT2D eigenvalue weighted by molar-refractivity contribution is 5.70. The zero-order chi connectivity index (χ0) is 13.1. The first-order valence-electron chi connectivity index (χ1n) is 5.96. The van der Waals surface area contributed by atoms with Gasteiger partial charge in [-0.2, -0.15) is 5.26 Å². The van der Waals surface area contributed by atoms with Gasteiger partial charge >= 0.3 is 5.97 Å². The monoisotopic (exact) mass is 243 g/mol. The molecule has 0 spiro atoms. The summed E-state index contributed by atoms with van der Waals surface area (Å²) in [4.78, 5) is 11.3. The van der Waals surface area contributed by atoms with Gasteiger partial charge in [-0.1, -0.05) is 0 Å². The van der Waals surface area contributed by atoms with Crippen LogP contribution in [0.25, 0.3) is 0 Å². The molecule has 17 heavy (non-hydrogen) atoms. The molecule has 0 aliphatic carbocycles. The number of nitriles is 1. The van der Waals surface area contributed by atoms with E-state index in [9.17, 15) is 4.79 Å². The fraction of sp³-hybridized carbons (Fsp3) is 0.833. The second-order valence-electron chi connectivity index (χ2n) is 3.41. The minimum Gasteiger partial charge on any atom is -0.466 e. The van der Waals surface area contributed by atoms with Crippen LogP contribution in [0.15, 0.2) is 0 Å². The van der Waals surface area contributed by atoms with Crippen LogP contribution in [-0.2, 0) is 19.0 Å². The Morgan fingerprint density at radius 3 is 2.18 bits per heavy atom. The van der Waals surface area contributed by atoms with E-state index < -0.39 is 12.2 Å². The van der Waals surface area contributed by atoms with Crippen molar-refractivity contribution < 1.29 is 19.0 Å². The molecular weight excluding hydrogens is 222 g/mol. The lowest BCUT2D eigenvalue weighted by molar-refractivity contribution is -0.150. The molecule has 0 amide bonds. The summed E-state index contributed by atoms with van der Waals surface area (Å²) in [7, 11) is 0. The number of rotatable bonds is 9. The van der Waals surface area contributed by atoms with E-state index in [2.05, 4.69) is 6.07 Å². The molecular formula is C12H21NO4. The third-order valence-electron chi connectivity index (χ3n) is 2.08. The highest BCUT2D eigenvalue weighted by Gasteiger charge is 2.20. The minimum atomic E-state index is -0.433. The van der Waals surface area contributed by atoms with Crippen molar-refractivity contribution in [3.05, 3.63) is 0 Å². The molecule has 0 aromatic rings. The molecule has 0 bridgehead atoms. The van der Waals surface area contributed by atoms with Crippen molar-refractivity contribution in [2.24, 2.45) is 5.92 Å². The van der Waals surface area contributed by atoms with Crippen LogP contribution < -0.4 is 0 Å². The van der Waals surface area contributed by atoms with Crippen LogP contribution in [0.3, 0.4) is 0 Å². The molecule has 0 radical (unpaired) electrons. The van der Waals surface area contributed by atoms with Gasteiger partial charge in [0, 0.05) is 19.6 Å². The summed E-state index contributed by atoms with van der Waals surface area (Å²) >= 11 is 0. The van der Waals surface area contributed by atoms with Crippen molar-refractivity contribution >= 4 is 5.97 Å². The van der Waals surface area contributed by atoms with Crippen LogP contribution in [0.4, 0.5) is 0 Å². The molecule has 0 aliphatic heterocycles. The van der Waals surface area contributed by atoms with Crippen LogP contribution in [0, 0.1) is 17.2 Å². The highest BCUT2D eigenvalue weighted by atomic mass is 16.7. The van der Waals surface area contributed by atoms with Crippen molar-refractivity contribution in [1.82, 2.24) is 0 Å². The van der Waals surface area contributed by atoms with Gasteiger partial charge in [0.15, 0.2) is 6.29 Å². The molecule has 0 heterocycles. The second-order valence-corrected chi connectivity index (χ2v) is 3.41. The number of hydrogen-bond acceptors (Lipinski definition) is 5. The summed E-state index contributed by atoms with van der Waals surface area (Å²) in [6.07, 6.45) is 0.0434. The summed E-state index contributed by atoms with van der Waals surface area (Å²) < 4.78 is 15.5. The first kappa shape index (κ1) is 15.9.